The van der Waals surface area contributed by atoms with E-state index in [-0.39, 0.29) is 12.1 Å². The van der Waals surface area contributed by atoms with Gasteiger partial charge in [0.15, 0.2) is 0 Å². The third kappa shape index (κ3) is 3.13. The molecule has 3 N–H and O–H groups in total. The van der Waals surface area contributed by atoms with E-state index in [1.165, 1.54) is 4.90 Å². The molecule has 1 aromatic heterocycles. The van der Waals surface area contributed by atoms with E-state index < -0.39 is 6.09 Å². The molecular weight excluding hydrogens is 298 g/mol. The number of hydrogen-bond acceptors (Lipinski definition) is 4. The van der Waals surface area contributed by atoms with Crippen molar-refractivity contribution in [3.63, 3.8) is 0 Å². The van der Waals surface area contributed by atoms with Crippen molar-refractivity contribution < 1.29 is 9.90 Å². The second-order valence-corrected chi connectivity index (χ2v) is 6.42. The first-order chi connectivity index (χ1) is 10.6. The molecule has 2 aromatic rings. The number of thiazole rings is 1. The SMILES string of the molecule is N[C@@H]1CCCN(C(=O)O)[C@@H]1Cc1csc(-c2ccccc2)n1. The molecule has 3 rings (SSSR count). The minimum Gasteiger partial charge on any atom is -0.465 e. The Hall–Kier alpha value is -1.92. The molecule has 116 valence electrons. The summed E-state index contributed by atoms with van der Waals surface area (Å²) in [5.41, 5.74) is 8.14. The van der Waals surface area contributed by atoms with Gasteiger partial charge < -0.3 is 15.7 Å². The predicted molar refractivity (Wildman–Crippen MR) is 87.0 cm³/mol. The van der Waals surface area contributed by atoms with Gasteiger partial charge in [-0.2, -0.15) is 0 Å². The summed E-state index contributed by atoms with van der Waals surface area (Å²) in [5, 5.41) is 12.3. The van der Waals surface area contributed by atoms with Gasteiger partial charge >= 0.3 is 6.09 Å². The summed E-state index contributed by atoms with van der Waals surface area (Å²) in [6.45, 7) is 0.559. The molecule has 1 amide bonds. The molecule has 0 aliphatic carbocycles. The number of piperidine rings is 1. The highest BCUT2D eigenvalue weighted by atomic mass is 32.1. The summed E-state index contributed by atoms with van der Waals surface area (Å²) in [6, 6.07) is 9.70. The summed E-state index contributed by atoms with van der Waals surface area (Å²) in [4.78, 5) is 17.5. The molecule has 1 aliphatic heterocycles. The van der Waals surface area contributed by atoms with Crippen molar-refractivity contribution in [1.29, 1.82) is 0 Å². The van der Waals surface area contributed by atoms with E-state index >= 15 is 0 Å². The molecule has 2 heterocycles. The van der Waals surface area contributed by atoms with Crippen molar-refractivity contribution in [1.82, 2.24) is 9.88 Å². The van der Waals surface area contributed by atoms with Crippen molar-refractivity contribution in [3.8, 4) is 10.6 Å². The number of hydrogen-bond donors (Lipinski definition) is 2. The number of carboxylic acid groups (broad SMARTS) is 1. The van der Waals surface area contributed by atoms with Crippen LogP contribution in [0.1, 0.15) is 18.5 Å². The van der Waals surface area contributed by atoms with E-state index in [2.05, 4.69) is 4.98 Å². The standard InChI is InChI=1S/C16H19N3O2S/c17-13-7-4-8-19(16(20)21)14(13)9-12-10-22-15(18-12)11-5-2-1-3-6-11/h1-3,5-6,10,13-14H,4,7-9,17H2,(H,20,21)/t13-,14-/m1/s1. The molecule has 0 bridgehead atoms. The molecule has 1 aromatic carbocycles. The van der Waals surface area contributed by atoms with Crippen LogP contribution < -0.4 is 5.73 Å². The van der Waals surface area contributed by atoms with E-state index in [0.29, 0.717) is 13.0 Å². The number of aromatic nitrogens is 1. The van der Waals surface area contributed by atoms with E-state index in [9.17, 15) is 9.90 Å². The summed E-state index contributed by atoms with van der Waals surface area (Å²) < 4.78 is 0. The molecule has 1 fully saturated rings. The van der Waals surface area contributed by atoms with Gasteiger partial charge in [0, 0.05) is 30.0 Å². The number of benzene rings is 1. The van der Waals surface area contributed by atoms with Gasteiger partial charge in [0.2, 0.25) is 0 Å². The highest BCUT2D eigenvalue weighted by Gasteiger charge is 2.32. The summed E-state index contributed by atoms with van der Waals surface area (Å²) in [7, 11) is 0. The van der Waals surface area contributed by atoms with Crippen LogP contribution in [0.4, 0.5) is 4.79 Å². The number of nitrogens with zero attached hydrogens (tertiary/aromatic N) is 2. The minimum absolute atomic E-state index is 0.119. The van der Waals surface area contributed by atoms with Crippen molar-refractivity contribution in [2.75, 3.05) is 6.54 Å². The Bertz CT molecular complexity index is 644. The van der Waals surface area contributed by atoms with Crippen LogP contribution in [0.5, 0.6) is 0 Å². The molecule has 1 aliphatic rings. The summed E-state index contributed by atoms with van der Waals surface area (Å²) in [6.07, 6.45) is 1.38. The van der Waals surface area contributed by atoms with E-state index in [0.717, 1.165) is 29.1 Å². The van der Waals surface area contributed by atoms with Crippen LogP contribution in [0.25, 0.3) is 10.6 Å². The van der Waals surface area contributed by atoms with Crippen LogP contribution in [0.2, 0.25) is 0 Å². The molecule has 0 radical (unpaired) electrons. The lowest BCUT2D eigenvalue weighted by atomic mass is 9.94. The highest BCUT2D eigenvalue weighted by molar-refractivity contribution is 7.13. The lowest BCUT2D eigenvalue weighted by molar-refractivity contribution is 0.0971. The number of amides is 1. The van der Waals surface area contributed by atoms with E-state index in [4.69, 9.17) is 5.73 Å². The second kappa shape index (κ2) is 6.46. The van der Waals surface area contributed by atoms with Gasteiger partial charge in [0.1, 0.15) is 5.01 Å². The molecule has 2 atom stereocenters. The summed E-state index contributed by atoms with van der Waals surface area (Å²) in [5.74, 6) is 0. The first-order valence-electron chi connectivity index (χ1n) is 7.40. The Labute approximate surface area is 133 Å². The van der Waals surface area contributed by atoms with Gasteiger partial charge in [-0.3, -0.25) is 0 Å². The zero-order valence-electron chi connectivity index (χ0n) is 12.2. The third-order valence-corrected chi connectivity index (χ3v) is 5.01. The van der Waals surface area contributed by atoms with Gasteiger partial charge in [0.05, 0.1) is 11.7 Å². The lowest BCUT2D eigenvalue weighted by Crippen LogP contribution is -2.54. The number of likely N-dealkylation sites (tertiary alicyclic amines) is 1. The maximum absolute atomic E-state index is 11.4. The predicted octanol–water partition coefficient (Wildman–Crippen LogP) is 2.82. The normalized spacial score (nSPS) is 21.8. The van der Waals surface area contributed by atoms with Crippen LogP contribution in [0, 0.1) is 0 Å². The molecule has 22 heavy (non-hydrogen) atoms. The topological polar surface area (TPSA) is 79.5 Å². The number of rotatable bonds is 3. The Morgan fingerprint density at radius 3 is 2.91 bits per heavy atom. The van der Waals surface area contributed by atoms with Crippen LogP contribution in [0.15, 0.2) is 35.7 Å². The van der Waals surface area contributed by atoms with Crippen LogP contribution in [-0.4, -0.2) is 39.7 Å². The van der Waals surface area contributed by atoms with Crippen LogP contribution in [0.3, 0.4) is 0 Å². The maximum Gasteiger partial charge on any atom is 0.407 e. The maximum atomic E-state index is 11.4. The fraction of sp³-hybridized carbons (Fsp3) is 0.375. The zero-order chi connectivity index (χ0) is 15.5. The first-order valence-corrected chi connectivity index (χ1v) is 8.28. The Kier molecular flexibility index (Phi) is 4.40. The Morgan fingerprint density at radius 2 is 2.18 bits per heavy atom. The fourth-order valence-electron chi connectivity index (χ4n) is 2.91. The number of nitrogens with two attached hydrogens (primary N) is 1. The van der Waals surface area contributed by atoms with Gasteiger partial charge in [-0.15, -0.1) is 11.3 Å². The summed E-state index contributed by atoms with van der Waals surface area (Å²) >= 11 is 1.58. The van der Waals surface area contributed by atoms with E-state index in [1.807, 2.05) is 35.7 Å². The second-order valence-electron chi connectivity index (χ2n) is 5.56. The third-order valence-electron chi connectivity index (χ3n) is 4.07. The van der Waals surface area contributed by atoms with Gasteiger partial charge in [-0.1, -0.05) is 30.3 Å². The average Bonchev–Trinajstić information content (AvgIpc) is 2.98. The largest absolute Gasteiger partial charge is 0.465 e. The van der Waals surface area contributed by atoms with Crippen molar-refractivity contribution >= 4 is 17.4 Å². The molecule has 0 saturated carbocycles. The van der Waals surface area contributed by atoms with E-state index in [1.54, 1.807) is 11.3 Å². The average molecular weight is 317 g/mol. The van der Waals surface area contributed by atoms with Crippen molar-refractivity contribution in [2.24, 2.45) is 5.73 Å². The first kappa shape index (κ1) is 15.0. The Balaban J connectivity index is 1.77. The van der Waals surface area contributed by atoms with Gasteiger partial charge in [-0.05, 0) is 12.8 Å². The molecule has 0 unspecified atom stereocenters. The highest BCUT2D eigenvalue weighted by Crippen LogP contribution is 2.26. The fourth-order valence-corrected chi connectivity index (χ4v) is 3.75. The van der Waals surface area contributed by atoms with Gasteiger partial charge in [0.25, 0.3) is 0 Å². The smallest absolute Gasteiger partial charge is 0.407 e. The minimum atomic E-state index is -0.890. The van der Waals surface area contributed by atoms with Gasteiger partial charge in [-0.25, -0.2) is 9.78 Å². The van der Waals surface area contributed by atoms with Crippen LogP contribution in [-0.2, 0) is 6.42 Å². The van der Waals surface area contributed by atoms with Crippen molar-refractivity contribution in [2.45, 2.75) is 31.3 Å². The molecule has 1 saturated heterocycles. The van der Waals surface area contributed by atoms with Crippen molar-refractivity contribution in [3.05, 3.63) is 41.4 Å². The zero-order valence-corrected chi connectivity index (χ0v) is 13.0. The molecule has 5 nitrogen and oxygen atoms in total. The molecule has 6 heteroatoms. The van der Waals surface area contributed by atoms with Crippen LogP contribution >= 0.6 is 11.3 Å². The lowest BCUT2D eigenvalue weighted by Gasteiger charge is -2.37. The monoisotopic (exact) mass is 317 g/mol. The molecule has 0 spiro atoms. The quantitative estimate of drug-likeness (QED) is 0.912. The number of carbonyl (C=O) groups is 1. The Morgan fingerprint density at radius 1 is 1.41 bits per heavy atom. The molecular formula is C16H19N3O2S.